The third kappa shape index (κ3) is 4.00. The second-order valence-corrected chi connectivity index (χ2v) is 9.21. The highest BCUT2D eigenvalue weighted by Gasteiger charge is 2.21. The van der Waals surface area contributed by atoms with Crippen molar-refractivity contribution in [2.75, 3.05) is 5.32 Å². The number of rotatable bonds is 5. The first-order valence-electron chi connectivity index (χ1n) is 11.6. The van der Waals surface area contributed by atoms with E-state index in [1.807, 2.05) is 57.4 Å². The zero-order valence-corrected chi connectivity index (χ0v) is 20.7. The standard InChI is InChI=1S/C28H26N4O4/c1-14-10-20(17(4)30-23-8-6-15(2)29-24(23)28(34)35)27-21(11-14)25(33)16(3)26(36-27)18-7-9-22-19(12-18)13-32(5)31-22/h6-13,17,30H,1-5H3,(H,34,35). The summed E-state index contributed by atoms with van der Waals surface area (Å²) in [6.45, 7) is 7.34. The number of fused-ring (bicyclic) bond motifs is 2. The molecule has 0 saturated carbocycles. The first-order valence-corrected chi connectivity index (χ1v) is 11.6. The molecule has 0 fully saturated rings. The molecule has 0 saturated heterocycles. The van der Waals surface area contributed by atoms with Gasteiger partial charge in [-0.2, -0.15) is 5.10 Å². The summed E-state index contributed by atoms with van der Waals surface area (Å²) in [7, 11) is 1.86. The number of aryl methyl sites for hydroxylation is 3. The van der Waals surface area contributed by atoms with E-state index < -0.39 is 5.97 Å². The van der Waals surface area contributed by atoms with Crippen molar-refractivity contribution in [1.29, 1.82) is 0 Å². The molecule has 1 unspecified atom stereocenters. The molecule has 0 amide bonds. The lowest BCUT2D eigenvalue weighted by Crippen LogP contribution is -2.15. The van der Waals surface area contributed by atoms with Crippen LogP contribution in [-0.4, -0.2) is 25.8 Å². The highest BCUT2D eigenvalue weighted by Crippen LogP contribution is 2.33. The average Bonchev–Trinajstić information content (AvgIpc) is 3.21. The second kappa shape index (κ2) is 8.64. The predicted molar refractivity (Wildman–Crippen MR) is 140 cm³/mol. The van der Waals surface area contributed by atoms with Gasteiger partial charge in [0.1, 0.15) is 11.3 Å². The van der Waals surface area contributed by atoms with Crippen LogP contribution in [0.4, 0.5) is 5.69 Å². The maximum atomic E-state index is 13.5. The number of carboxylic acids is 1. The summed E-state index contributed by atoms with van der Waals surface area (Å²) in [5.74, 6) is -0.614. The number of anilines is 1. The molecule has 0 radical (unpaired) electrons. The number of pyridine rings is 1. The van der Waals surface area contributed by atoms with Crippen LogP contribution in [0.25, 0.3) is 33.2 Å². The maximum absolute atomic E-state index is 13.5. The van der Waals surface area contributed by atoms with Crippen molar-refractivity contribution in [2.24, 2.45) is 7.05 Å². The fourth-order valence-electron chi connectivity index (χ4n) is 4.60. The van der Waals surface area contributed by atoms with E-state index in [1.54, 1.807) is 30.7 Å². The van der Waals surface area contributed by atoms with Crippen LogP contribution in [0.15, 0.2) is 57.9 Å². The van der Waals surface area contributed by atoms with Crippen molar-refractivity contribution in [1.82, 2.24) is 14.8 Å². The lowest BCUT2D eigenvalue weighted by Gasteiger charge is -2.19. The second-order valence-electron chi connectivity index (χ2n) is 9.21. The van der Waals surface area contributed by atoms with E-state index in [2.05, 4.69) is 15.4 Å². The molecule has 0 aliphatic rings. The quantitative estimate of drug-likeness (QED) is 0.338. The number of aromatic carboxylic acids is 1. The highest BCUT2D eigenvalue weighted by atomic mass is 16.4. The first kappa shape index (κ1) is 23.3. The summed E-state index contributed by atoms with van der Waals surface area (Å²) < 4.78 is 8.21. The number of carboxylic acid groups (broad SMARTS) is 1. The smallest absolute Gasteiger partial charge is 0.356 e. The Morgan fingerprint density at radius 1 is 1.11 bits per heavy atom. The monoisotopic (exact) mass is 482 g/mol. The average molecular weight is 483 g/mol. The van der Waals surface area contributed by atoms with Gasteiger partial charge in [-0.1, -0.05) is 6.07 Å². The van der Waals surface area contributed by atoms with Gasteiger partial charge in [0.2, 0.25) is 0 Å². The largest absolute Gasteiger partial charge is 0.476 e. The summed E-state index contributed by atoms with van der Waals surface area (Å²) in [6, 6.07) is 12.6. The van der Waals surface area contributed by atoms with Gasteiger partial charge in [-0.25, -0.2) is 9.78 Å². The Bertz CT molecular complexity index is 1730. The number of aromatic nitrogens is 3. The molecule has 2 aromatic carbocycles. The van der Waals surface area contributed by atoms with Gasteiger partial charge in [-0.3, -0.25) is 9.48 Å². The first-order chi connectivity index (χ1) is 17.1. The third-order valence-corrected chi connectivity index (χ3v) is 6.35. The number of carbonyl (C=O) groups is 1. The highest BCUT2D eigenvalue weighted by molar-refractivity contribution is 5.92. The van der Waals surface area contributed by atoms with Crippen LogP contribution >= 0.6 is 0 Å². The summed E-state index contributed by atoms with van der Waals surface area (Å²) in [5, 5.41) is 18.7. The minimum atomic E-state index is -1.11. The van der Waals surface area contributed by atoms with Gasteiger partial charge in [-0.05, 0) is 69.7 Å². The van der Waals surface area contributed by atoms with E-state index in [0.717, 1.165) is 27.6 Å². The summed E-state index contributed by atoms with van der Waals surface area (Å²) in [5.41, 5.74) is 5.15. The van der Waals surface area contributed by atoms with E-state index in [1.165, 1.54) is 0 Å². The van der Waals surface area contributed by atoms with Crippen molar-refractivity contribution in [3.05, 3.63) is 87.0 Å². The number of benzene rings is 2. The molecule has 8 nitrogen and oxygen atoms in total. The Labute approximate surface area is 207 Å². The molecule has 36 heavy (non-hydrogen) atoms. The zero-order valence-electron chi connectivity index (χ0n) is 20.7. The van der Waals surface area contributed by atoms with Crippen LogP contribution in [0, 0.1) is 20.8 Å². The summed E-state index contributed by atoms with van der Waals surface area (Å²) in [6.07, 6.45) is 1.92. The molecule has 1 atom stereocenters. The van der Waals surface area contributed by atoms with Crippen LogP contribution in [0.1, 0.15) is 45.8 Å². The fraction of sp³-hybridized carbons (Fsp3) is 0.214. The lowest BCUT2D eigenvalue weighted by atomic mass is 9.98. The van der Waals surface area contributed by atoms with Crippen LogP contribution < -0.4 is 10.7 Å². The van der Waals surface area contributed by atoms with Crippen LogP contribution in [0.2, 0.25) is 0 Å². The minimum absolute atomic E-state index is 0.0541. The molecule has 8 heteroatoms. The Balaban J connectivity index is 1.67. The van der Waals surface area contributed by atoms with E-state index in [9.17, 15) is 14.7 Å². The van der Waals surface area contributed by atoms with E-state index in [0.29, 0.717) is 33.7 Å². The summed E-state index contributed by atoms with van der Waals surface area (Å²) in [4.78, 5) is 29.4. The fourth-order valence-corrected chi connectivity index (χ4v) is 4.60. The van der Waals surface area contributed by atoms with Crippen LogP contribution in [0.3, 0.4) is 0 Å². The van der Waals surface area contributed by atoms with Crippen LogP contribution in [-0.2, 0) is 7.05 Å². The minimum Gasteiger partial charge on any atom is -0.476 e. The molecule has 0 aliphatic heterocycles. The molecule has 2 N–H and O–H groups in total. The predicted octanol–water partition coefficient (Wildman–Crippen LogP) is 5.54. The normalized spacial score (nSPS) is 12.2. The molecule has 5 aromatic rings. The van der Waals surface area contributed by atoms with Crippen molar-refractivity contribution in [3.8, 4) is 11.3 Å². The Morgan fingerprint density at radius 3 is 2.64 bits per heavy atom. The Morgan fingerprint density at radius 2 is 1.89 bits per heavy atom. The van der Waals surface area contributed by atoms with Crippen molar-refractivity contribution < 1.29 is 14.3 Å². The number of hydrogen-bond acceptors (Lipinski definition) is 6. The molecule has 0 spiro atoms. The van der Waals surface area contributed by atoms with Gasteiger partial charge in [0.25, 0.3) is 0 Å². The Kier molecular flexibility index (Phi) is 5.59. The molecule has 3 aromatic heterocycles. The van der Waals surface area contributed by atoms with Gasteiger partial charge >= 0.3 is 5.97 Å². The van der Waals surface area contributed by atoms with Gasteiger partial charge in [0.15, 0.2) is 11.1 Å². The number of hydrogen-bond donors (Lipinski definition) is 2. The molecule has 182 valence electrons. The maximum Gasteiger partial charge on any atom is 0.356 e. The number of nitrogens with one attached hydrogen (secondary N) is 1. The van der Waals surface area contributed by atoms with Crippen molar-refractivity contribution >= 4 is 33.5 Å². The van der Waals surface area contributed by atoms with E-state index >= 15 is 0 Å². The lowest BCUT2D eigenvalue weighted by molar-refractivity contribution is 0.0691. The topological polar surface area (TPSA) is 110 Å². The van der Waals surface area contributed by atoms with Gasteiger partial charge in [0, 0.05) is 41.0 Å². The van der Waals surface area contributed by atoms with Gasteiger partial charge in [0.05, 0.1) is 22.6 Å². The van der Waals surface area contributed by atoms with Crippen molar-refractivity contribution in [3.63, 3.8) is 0 Å². The van der Waals surface area contributed by atoms with E-state index in [4.69, 9.17) is 4.42 Å². The van der Waals surface area contributed by atoms with Crippen LogP contribution in [0.5, 0.6) is 0 Å². The van der Waals surface area contributed by atoms with Gasteiger partial charge < -0.3 is 14.8 Å². The van der Waals surface area contributed by atoms with Gasteiger partial charge in [-0.15, -0.1) is 0 Å². The summed E-state index contributed by atoms with van der Waals surface area (Å²) >= 11 is 0. The Hall–Kier alpha value is -4.46. The van der Waals surface area contributed by atoms with Crippen molar-refractivity contribution in [2.45, 2.75) is 33.7 Å². The molecule has 0 bridgehead atoms. The zero-order chi connectivity index (χ0) is 25.7. The molecular weight excluding hydrogens is 456 g/mol. The third-order valence-electron chi connectivity index (χ3n) is 6.35. The SMILES string of the molecule is Cc1cc(C(C)Nc2ccc(C)nc2C(=O)O)c2oc(-c3ccc4nn(C)cc4c3)c(C)c(=O)c2c1. The molecular formula is C28H26N4O4. The van der Waals surface area contributed by atoms with E-state index in [-0.39, 0.29) is 17.2 Å². The molecule has 5 rings (SSSR count). The molecule has 0 aliphatic carbocycles. The molecule has 3 heterocycles. The number of nitrogens with zero attached hydrogens (tertiary/aromatic N) is 3.